The number of likely N-dealkylation sites (tertiary alicyclic amines) is 1. The first-order valence-corrected chi connectivity index (χ1v) is 21.3. The second-order valence-corrected chi connectivity index (χ2v) is 18.7. The molecule has 0 radical (unpaired) electrons. The normalized spacial score (nSPS) is 25.6. The molecule has 3 aromatic rings. The molecule has 328 valence electrons. The molecule has 0 bridgehead atoms. The molecule has 2 aromatic heterocycles. The smallest absolute Gasteiger partial charge is 0.408 e. The lowest BCUT2D eigenvalue weighted by atomic mass is 9.85. The van der Waals surface area contributed by atoms with E-state index in [1.165, 1.54) is 4.90 Å². The molecule has 3 aliphatic rings. The number of amides is 3. The number of anilines is 1. The number of likely N-dealkylation sites (N-methyl/N-ethyl adjacent to an activating group) is 1. The standard InChI is InChI=1S/C44H64N8O8/c1-11-28-23-44(28,41(55)56)48-39(53)34-21-31(24-51(34)40(54)38(43(6,7)8)47-42(57)60-30-18-26(4)27(5)19-30)59-35-22-37(52-15-14-36(49-52)45-25(2)3)46-33-20-29(12-13-32(33)35)58-17-16-50(9)10/h12-15,20,22,25-28,30-31,34,38H,11,16-19,21,23-24H2,1-10H3,(H,45,49)(H,47,57)(H,48,53)(H,55,56)/t26-,27?,28-,30?,31-,34+,38-,44-/m1/s1. The predicted molar refractivity (Wildman–Crippen MR) is 227 cm³/mol. The van der Waals surface area contributed by atoms with Gasteiger partial charge in [0.05, 0.1) is 12.1 Å². The number of hydrogen-bond acceptors (Lipinski definition) is 11. The molecule has 6 rings (SSSR count). The van der Waals surface area contributed by atoms with Crippen LogP contribution in [0.3, 0.4) is 0 Å². The van der Waals surface area contributed by atoms with Crippen LogP contribution in [0.15, 0.2) is 36.5 Å². The number of nitrogens with one attached hydrogen (secondary N) is 3. The number of carboxylic acid groups (broad SMARTS) is 1. The maximum absolute atomic E-state index is 14.8. The van der Waals surface area contributed by atoms with Gasteiger partial charge in [-0.15, -0.1) is 5.10 Å². The zero-order chi connectivity index (χ0) is 43.7. The summed E-state index contributed by atoms with van der Waals surface area (Å²) in [5.41, 5.74) is -1.60. The molecular weight excluding hydrogens is 769 g/mol. The Bertz CT molecular complexity index is 2040. The first kappa shape index (κ1) is 44.4. The van der Waals surface area contributed by atoms with E-state index in [4.69, 9.17) is 19.2 Å². The monoisotopic (exact) mass is 832 g/mol. The zero-order valence-electron chi connectivity index (χ0n) is 36.8. The van der Waals surface area contributed by atoms with Gasteiger partial charge in [0.25, 0.3) is 0 Å². The van der Waals surface area contributed by atoms with Crippen molar-refractivity contribution in [1.29, 1.82) is 0 Å². The topological polar surface area (TPSA) is 189 Å². The van der Waals surface area contributed by atoms with E-state index in [1.807, 2.05) is 84.8 Å². The van der Waals surface area contributed by atoms with Crippen molar-refractivity contribution in [2.45, 2.75) is 123 Å². The number of fused-ring (bicyclic) bond motifs is 1. The van der Waals surface area contributed by atoms with Gasteiger partial charge in [-0.1, -0.05) is 48.0 Å². The molecule has 16 nitrogen and oxygen atoms in total. The van der Waals surface area contributed by atoms with Crippen LogP contribution >= 0.6 is 0 Å². The van der Waals surface area contributed by atoms with Crippen molar-refractivity contribution in [2.24, 2.45) is 23.2 Å². The fraction of sp³-hybridized carbons (Fsp3) is 0.636. The summed E-state index contributed by atoms with van der Waals surface area (Å²) in [6, 6.07) is 7.20. The molecule has 1 aliphatic heterocycles. The third-order valence-electron chi connectivity index (χ3n) is 12.2. The van der Waals surface area contributed by atoms with Gasteiger partial charge >= 0.3 is 12.1 Å². The highest BCUT2D eigenvalue weighted by molar-refractivity contribution is 5.96. The van der Waals surface area contributed by atoms with Gasteiger partial charge in [-0.05, 0) is 82.5 Å². The van der Waals surface area contributed by atoms with Crippen LogP contribution in [-0.2, 0) is 19.1 Å². The Kier molecular flexibility index (Phi) is 13.2. The lowest BCUT2D eigenvalue weighted by Crippen LogP contribution is -2.59. The van der Waals surface area contributed by atoms with Crippen LogP contribution in [0.4, 0.5) is 10.6 Å². The minimum absolute atomic E-state index is 0.00966. The highest BCUT2D eigenvalue weighted by atomic mass is 16.6. The molecule has 4 N–H and O–H groups in total. The van der Waals surface area contributed by atoms with E-state index in [1.54, 1.807) is 16.9 Å². The van der Waals surface area contributed by atoms with E-state index >= 15 is 0 Å². The molecule has 2 saturated carbocycles. The number of aliphatic carboxylic acids is 1. The van der Waals surface area contributed by atoms with Crippen LogP contribution in [0, 0.1) is 23.2 Å². The fourth-order valence-electron chi connectivity index (χ4n) is 8.39. The van der Waals surface area contributed by atoms with E-state index in [-0.39, 0.29) is 31.0 Å². The summed E-state index contributed by atoms with van der Waals surface area (Å²) >= 11 is 0. The zero-order valence-corrected chi connectivity index (χ0v) is 36.8. The minimum Gasteiger partial charge on any atom is -0.492 e. The van der Waals surface area contributed by atoms with Crippen LogP contribution in [0.25, 0.3) is 16.7 Å². The van der Waals surface area contributed by atoms with Crippen LogP contribution < -0.4 is 25.4 Å². The first-order valence-electron chi connectivity index (χ1n) is 21.3. The highest BCUT2D eigenvalue weighted by Crippen LogP contribution is 2.46. The van der Waals surface area contributed by atoms with Gasteiger partial charge in [-0.2, -0.15) is 0 Å². The Balaban J connectivity index is 1.32. The Morgan fingerprint density at radius 2 is 1.75 bits per heavy atom. The van der Waals surface area contributed by atoms with E-state index in [0.29, 0.717) is 65.3 Å². The third kappa shape index (κ3) is 10.1. The van der Waals surface area contributed by atoms with Crippen molar-refractivity contribution in [3.8, 4) is 17.3 Å². The van der Waals surface area contributed by atoms with Crippen molar-refractivity contribution in [3.63, 3.8) is 0 Å². The van der Waals surface area contributed by atoms with Gasteiger partial charge in [0.1, 0.15) is 53.8 Å². The number of ether oxygens (including phenoxy) is 3. The van der Waals surface area contributed by atoms with E-state index in [9.17, 15) is 24.3 Å². The molecule has 16 heteroatoms. The van der Waals surface area contributed by atoms with Crippen LogP contribution in [0.2, 0.25) is 0 Å². The van der Waals surface area contributed by atoms with E-state index in [0.717, 1.165) is 19.4 Å². The van der Waals surface area contributed by atoms with Gasteiger partial charge < -0.3 is 45.1 Å². The van der Waals surface area contributed by atoms with Gasteiger partial charge in [-0.25, -0.2) is 19.3 Å². The Labute approximate surface area is 353 Å². The van der Waals surface area contributed by atoms with E-state index in [2.05, 4.69) is 34.9 Å². The molecule has 8 atom stereocenters. The summed E-state index contributed by atoms with van der Waals surface area (Å²) in [4.78, 5) is 63.3. The molecule has 2 unspecified atom stereocenters. The Hall–Kier alpha value is -5.12. The molecule has 60 heavy (non-hydrogen) atoms. The average molecular weight is 833 g/mol. The number of nitrogens with zero attached hydrogens (tertiary/aromatic N) is 5. The van der Waals surface area contributed by atoms with E-state index < -0.39 is 53.0 Å². The first-order chi connectivity index (χ1) is 28.3. The van der Waals surface area contributed by atoms with Gasteiger partial charge in [-0.3, -0.25) is 9.59 Å². The maximum Gasteiger partial charge on any atom is 0.408 e. The van der Waals surface area contributed by atoms with Crippen molar-refractivity contribution in [1.82, 2.24) is 35.2 Å². The quantitative estimate of drug-likeness (QED) is 0.143. The van der Waals surface area contributed by atoms with Crippen molar-refractivity contribution < 1.29 is 38.5 Å². The number of alkyl carbamates (subject to hydrolysis) is 1. The molecule has 2 aliphatic carbocycles. The highest BCUT2D eigenvalue weighted by Gasteiger charge is 2.61. The molecule has 1 aromatic carbocycles. The summed E-state index contributed by atoms with van der Waals surface area (Å²) in [6.07, 6.45) is 2.58. The average Bonchev–Trinajstić information content (AvgIpc) is 3.41. The maximum atomic E-state index is 14.8. The molecule has 3 heterocycles. The van der Waals surface area contributed by atoms with Crippen LogP contribution in [-0.4, -0.2) is 123 Å². The van der Waals surface area contributed by atoms with Crippen molar-refractivity contribution in [2.75, 3.05) is 39.1 Å². The lowest BCUT2D eigenvalue weighted by Gasteiger charge is -2.35. The van der Waals surface area contributed by atoms with Crippen molar-refractivity contribution >= 4 is 40.6 Å². The Morgan fingerprint density at radius 1 is 1.03 bits per heavy atom. The molecule has 3 amide bonds. The number of carbonyl (C=O) groups excluding carboxylic acids is 3. The molecule has 1 saturated heterocycles. The Morgan fingerprint density at radius 3 is 2.37 bits per heavy atom. The van der Waals surface area contributed by atoms with Gasteiger partial charge in [0, 0.05) is 48.8 Å². The summed E-state index contributed by atoms with van der Waals surface area (Å²) in [7, 11) is 3.95. The summed E-state index contributed by atoms with van der Waals surface area (Å²) in [5, 5.41) is 24.5. The molecular formula is C44H64N8O8. The van der Waals surface area contributed by atoms with Crippen LogP contribution in [0.5, 0.6) is 11.5 Å². The van der Waals surface area contributed by atoms with Crippen LogP contribution in [0.1, 0.15) is 87.5 Å². The van der Waals surface area contributed by atoms with Gasteiger partial charge in [0.15, 0.2) is 5.82 Å². The SMILES string of the molecule is CC[C@@H]1C[C@]1(NC(=O)[C@@H]1C[C@@H](Oc2cc(-n3ccc(NC(C)C)n3)nc3cc(OCCN(C)C)ccc23)CN1C(=O)[C@@H](NC(=O)OC1CC(C)[C@H](C)C1)C(C)(C)C)C(=O)O. The lowest BCUT2D eigenvalue weighted by molar-refractivity contribution is -0.146. The number of carbonyl (C=O) groups is 4. The summed E-state index contributed by atoms with van der Waals surface area (Å²) in [6.45, 7) is 16.9. The number of pyridine rings is 1. The number of aromatic nitrogens is 3. The van der Waals surface area contributed by atoms with Gasteiger partial charge in [0.2, 0.25) is 11.8 Å². The summed E-state index contributed by atoms with van der Waals surface area (Å²) < 4.78 is 20.3. The number of benzene rings is 1. The summed E-state index contributed by atoms with van der Waals surface area (Å²) in [5.74, 6) is 0.637. The second kappa shape index (κ2) is 17.8. The molecule has 3 fully saturated rings. The number of rotatable bonds is 16. The minimum atomic E-state index is -1.41. The van der Waals surface area contributed by atoms with Crippen molar-refractivity contribution in [3.05, 3.63) is 36.5 Å². The predicted octanol–water partition coefficient (Wildman–Crippen LogP) is 5.47. The number of hydrogen-bond donors (Lipinski definition) is 4. The number of carboxylic acids is 1. The molecule has 0 spiro atoms. The largest absolute Gasteiger partial charge is 0.492 e. The third-order valence-corrected chi connectivity index (χ3v) is 12.2. The fourth-order valence-corrected chi connectivity index (χ4v) is 8.39. The second-order valence-electron chi connectivity index (χ2n) is 18.7.